The lowest BCUT2D eigenvalue weighted by Gasteiger charge is -2.13. The van der Waals surface area contributed by atoms with Gasteiger partial charge in [-0.05, 0) is 39.0 Å². The Labute approximate surface area is 142 Å². The van der Waals surface area contributed by atoms with Gasteiger partial charge in [0.2, 0.25) is 0 Å². The zero-order chi connectivity index (χ0) is 18.6. The number of ether oxygens (including phenoxy) is 1. The molecule has 0 radical (unpaired) electrons. The molecule has 0 atom stereocenters. The molecule has 0 spiro atoms. The standard InChI is InChI=1S/C16H17F3N4O2/c1-4-25-15-20-9(2)13(10(3)21-15)23-14(24)22-12-7-5-6-11(8-12)16(17,18)19/h5-8H,4H2,1-3H3,(H2,22,23,24). The summed E-state index contributed by atoms with van der Waals surface area (Å²) in [7, 11) is 0. The lowest BCUT2D eigenvalue weighted by Crippen LogP contribution is -2.21. The summed E-state index contributed by atoms with van der Waals surface area (Å²) in [5.41, 5.74) is 0.509. The fraction of sp³-hybridized carbons (Fsp3) is 0.312. The minimum Gasteiger partial charge on any atom is -0.464 e. The molecule has 9 heteroatoms. The zero-order valence-electron chi connectivity index (χ0n) is 13.9. The number of aryl methyl sites for hydroxylation is 2. The van der Waals surface area contributed by atoms with E-state index in [0.717, 1.165) is 12.1 Å². The van der Waals surface area contributed by atoms with E-state index in [1.165, 1.54) is 12.1 Å². The van der Waals surface area contributed by atoms with Crippen LogP contribution in [0.5, 0.6) is 6.01 Å². The number of benzene rings is 1. The van der Waals surface area contributed by atoms with Crippen molar-refractivity contribution in [3.63, 3.8) is 0 Å². The molecule has 0 fully saturated rings. The molecule has 1 aromatic heterocycles. The van der Waals surface area contributed by atoms with Crippen LogP contribution in [0.1, 0.15) is 23.9 Å². The van der Waals surface area contributed by atoms with Gasteiger partial charge in [0.25, 0.3) is 0 Å². The van der Waals surface area contributed by atoms with Gasteiger partial charge in [-0.2, -0.15) is 23.1 Å². The number of aromatic nitrogens is 2. The second-order valence-electron chi connectivity index (χ2n) is 5.14. The number of alkyl halides is 3. The van der Waals surface area contributed by atoms with Crippen LogP contribution >= 0.6 is 0 Å². The van der Waals surface area contributed by atoms with Crippen LogP contribution in [0.25, 0.3) is 0 Å². The summed E-state index contributed by atoms with van der Waals surface area (Å²) in [6.07, 6.45) is -4.48. The summed E-state index contributed by atoms with van der Waals surface area (Å²) in [4.78, 5) is 20.3. The molecule has 0 aliphatic carbocycles. The minimum absolute atomic E-state index is 0.0227. The number of nitrogens with zero attached hydrogens (tertiary/aromatic N) is 2. The Kier molecular flexibility index (Phi) is 5.45. The first-order valence-electron chi connectivity index (χ1n) is 7.44. The van der Waals surface area contributed by atoms with E-state index in [9.17, 15) is 18.0 Å². The van der Waals surface area contributed by atoms with Crippen molar-refractivity contribution in [3.8, 4) is 6.01 Å². The molecule has 1 aromatic carbocycles. The maximum absolute atomic E-state index is 12.7. The largest absolute Gasteiger partial charge is 0.464 e. The van der Waals surface area contributed by atoms with Gasteiger partial charge >= 0.3 is 18.2 Å². The third-order valence-electron chi connectivity index (χ3n) is 3.21. The normalized spacial score (nSPS) is 11.1. The van der Waals surface area contributed by atoms with E-state index in [1.54, 1.807) is 20.8 Å². The Morgan fingerprint density at radius 3 is 2.36 bits per heavy atom. The van der Waals surface area contributed by atoms with Crippen LogP contribution in [0.15, 0.2) is 24.3 Å². The second kappa shape index (κ2) is 7.37. The van der Waals surface area contributed by atoms with Crippen LogP contribution in [0.4, 0.5) is 29.3 Å². The van der Waals surface area contributed by atoms with E-state index in [0.29, 0.717) is 23.7 Å². The maximum Gasteiger partial charge on any atom is 0.416 e. The van der Waals surface area contributed by atoms with Gasteiger partial charge in [-0.15, -0.1) is 0 Å². The molecule has 2 rings (SSSR count). The monoisotopic (exact) mass is 354 g/mol. The molecular formula is C16H17F3N4O2. The molecule has 0 aliphatic heterocycles. The van der Waals surface area contributed by atoms with Crippen molar-refractivity contribution in [2.24, 2.45) is 0 Å². The number of rotatable bonds is 4. The van der Waals surface area contributed by atoms with Gasteiger partial charge in [0.15, 0.2) is 0 Å². The number of hydrogen-bond acceptors (Lipinski definition) is 4. The van der Waals surface area contributed by atoms with Crippen LogP contribution in [-0.4, -0.2) is 22.6 Å². The Morgan fingerprint density at radius 1 is 1.16 bits per heavy atom. The van der Waals surface area contributed by atoms with Gasteiger partial charge in [-0.25, -0.2) is 4.79 Å². The average molecular weight is 354 g/mol. The van der Waals surface area contributed by atoms with Gasteiger partial charge in [-0.1, -0.05) is 6.07 Å². The van der Waals surface area contributed by atoms with E-state index in [2.05, 4.69) is 20.6 Å². The van der Waals surface area contributed by atoms with Crippen molar-refractivity contribution >= 4 is 17.4 Å². The van der Waals surface area contributed by atoms with Gasteiger partial charge in [0, 0.05) is 5.69 Å². The molecule has 2 N–H and O–H groups in total. The summed E-state index contributed by atoms with van der Waals surface area (Å²) >= 11 is 0. The molecule has 0 aliphatic rings. The zero-order valence-corrected chi connectivity index (χ0v) is 13.9. The van der Waals surface area contributed by atoms with E-state index in [1.807, 2.05) is 0 Å². The number of anilines is 2. The Hall–Kier alpha value is -2.84. The first-order chi connectivity index (χ1) is 11.7. The molecule has 134 valence electrons. The second-order valence-corrected chi connectivity index (χ2v) is 5.14. The first kappa shape index (κ1) is 18.5. The molecule has 25 heavy (non-hydrogen) atoms. The fourth-order valence-corrected chi connectivity index (χ4v) is 2.11. The molecule has 0 saturated carbocycles. The van der Waals surface area contributed by atoms with Crippen LogP contribution in [0, 0.1) is 13.8 Å². The molecule has 6 nitrogen and oxygen atoms in total. The Morgan fingerprint density at radius 2 is 1.80 bits per heavy atom. The van der Waals surface area contributed by atoms with Gasteiger partial charge < -0.3 is 15.4 Å². The van der Waals surface area contributed by atoms with Gasteiger partial charge in [-0.3, -0.25) is 0 Å². The number of carbonyl (C=O) groups excluding carboxylic acids is 1. The quantitative estimate of drug-likeness (QED) is 0.865. The third kappa shape index (κ3) is 4.82. The van der Waals surface area contributed by atoms with Crippen LogP contribution in [0.2, 0.25) is 0 Å². The van der Waals surface area contributed by atoms with Crippen molar-refractivity contribution in [1.29, 1.82) is 0 Å². The summed E-state index contributed by atoms with van der Waals surface area (Å²) in [5.74, 6) is 0. The molecule has 0 unspecified atom stereocenters. The number of carbonyl (C=O) groups is 1. The SMILES string of the molecule is CCOc1nc(C)c(NC(=O)Nc2cccc(C(F)(F)F)c2)c(C)n1. The Bertz CT molecular complexity index is 755. The molecule has 0 saturated heterocycles. The Balaban J connectivity index is 2.13. The lowest BCUT2D eigenvalue weighted by atomic mass is 10.2. The van der Waals surface area contributed by atoms with Crippen molar-refractivity contribution in [1.82, 2.24) is 9.97 Å². The highest BCUT2D eigenvalue weighted by molar-refractivity contribution is 6.00. The highest BCUT2D eigenvalue weighted by Crippen LogP contribution is 2.30. The summed E-state index contributed by atoms with van der Waals surface area (Å²) in [6.45, 7) is 5.53. The summed E-state index contributed by atoms with van der Waals surface area (Å²) in [5, 5.41) is 4.90. The van der Waals surface area contributed by atoms with E-state index in [-0.39, 0.29) is 11.7 Å². The first-order valence-corrected chi connectivity index (χ1v) is 7.44. The topological polar surface area (TPSA) is 76.1 Å². The highest BCUT2D eigenvalue weighted by Gasteiger charge is 2.30. The van der Waals surface area contributed by atoms with Crippen molar-refractivity contribution in [2.75, 3.05) is 17.2 Å². The van der Waals surface area contributed by atoms with Crippen LogP contribution in [0.3, 0.4) is 0 Å². The summed E-state index contributed by atoms with van der Waals surface area (Å²) < 4.78 is 43.3. The predicted octanol–water partition coefficient (Wildman–Crippen LogP) is 4.15. The minimum atomic E-state index is -4.48. The molecule has 0 bridgehead atoms. The number of urea groups is 1. The smallest absolute Gasteiger partial charge is 0.416 e. The van der Waals surface area contributed by atoms with Crippen LogP contribution < -0.4 is 15.4 Å². The number of halogens is 3. The van der Waals surface area contributed by atoms with Crippen molar-refractivity contribution in [3.05, 3.63) is 41.2 Å². The van der Waals surface area contributed by atoms with E-state index >= 15 is 0 Å². The van der Waals surface area contributed by atoms with Crippen molar-refractivity contribution in [2.45, 2.75) is 26.9 Å². The molecule has 1 heterocycles. The molecular weight excluding hydrogens is 337 g/mol. The van der Waals surface area contributed by atoms with Gasteiger partial charge in [0.1, 0.15) is 0 Å². The predicted molar refractivity (Wildman–Crippen MR) is 86.8 cm³/mol. The third-order valence-corrected chi connectivity index (χ3v) is 3.21. The van der Waals surface area contributed by atoms with Crippen LogP contribution in [-0.2, 0) is 6.18 Å². The molecule has 2 amide bonds. The molecule has 2 aromatic rings. The summed E-state index contributed by atoms with van der Waals surface area (Å²) in [6, 6.07) is 3.86. The van der Waals surface area contributed by atoms with E-state index in [4.69, 9.17) is 4.74 Å². The number of hydrogen-bond donors (Lipinski definition) is 2. The lowest BCUT2D eigenvalue weighted by molar-refractivity contribution is -0.137. The van der Waals surface area contributed by atoms with Crippen molar-refractivity contribution < 1.29 is 22.7 Å². The highest BCUT2D eigenvalue weighted by atomic mass is 19.4. The number of amides is 2. The number of nitrogens with one attached hydrogen (secondary N) is 2. The average Bonchev–Trinajstić information content (AvgIpc) is 2.51. The fourth-order valence-electron chi connectivity index (χ4n) is 2.11. The van der Waals surface area contributed by atoms with E-state index < -0.39 is 17.8 Å². The maximum atomic E-state index is 12.7. The van der Waals surface area contributed by atoms with Gasteiger partial charge in [0.05, 0.1) is 29.2 Å².